The van der Waals surface area contributed by atoms with Crippen molar-refractivity contribution in [2.45, 2.75) is 18.2 Å². The van der Waals surface area contributed by atoms with E-state index in [-0.39, 0.29) is 17.3 Å². The Morgan fingerprint density at radius 2 is 1.71 bits per heavy atom. The highest BCUT2D eigenvalue weighted by atomic mass is 32.2. The van der Waals surface area contributed by atoms with Crippen LogP contribution in [0.1, 0.15) is 12.5 Å². The summed E-state index contributed by atoms with van der Waals surface area (Å²) in [4.78, 5) is 12.3. The van der Waals surface area contributed by atoms with Gasteiger partial charge in [-0.05, 0) is 37.1 Å². The molecule has 0 radical (unpaired) electrons. The quantitative estimate of drug-likeness (QED) is 0.564. The summed E-state index contributed by atoms with van der Waals surface area (Å²) < 4.78 is 25.9. The highest BCUT2D eigenvalue weighted by molar-refractivity contribution is 7.89. The first-order valence-electron chi connectivity index (χ1n) is 9.19. The first-order chi connectivity index (χ1) is 13.3. The molecule has 0 spiro atoms. The van der Waals surface area contributed by atoms with Crippen molar-refractivity contribution in [1.29, 1.82) is 0 Å². The molecule has 2 aromatic carbocycles. The Kier molecular flexibility index (Phi) is 7.83. The van der Waals surface area contributed by atoms with E-state index in [0.717, 1.165) is 22.0 Å². The lowest BCUT2D eigenvalue weighted by atomic mass is 10.1. The van der Waals surface area contributed by atoms with Crippen LogP contribution in [0.15, 0.2) is 53.4 Å². The van der Waals surface area contributed by atoms with Gasteiger partial charge in [-0.15, -0.1) is 0 Å². The van der Waals surface area contributed by atoms with Crippen LogP contribution in [-0.4, -0.2) is 52.4 Å². The van der Waals surface area contributed by atoms with Gasteiger partial charge in [-0.2, -0.15) is 0 Å². The number of hydrogen-bond acceptors (Lipinski definition) is 5. The van der Waals surface area contributed by atoms with E-state index >= 15 is 0 Å². The summed E-state index contributed by atoms with van der Waals surface area (Å²) in [5.41, 5.74) is 2.48. The summed E-state index contributed by atoms with van der Waals surface area (Å²) in [6.07, 6.45) is 0.756. The zero-order chi connectivity index (χ0) is 20.6. The van der Waals surface area contributed by atoms with Crippen LogP contribution in [0, 0.1) is 0 Å². The second kappa shape index (κ2) is 10.1. The van der Waals surface area contributed by atoms with E-state index in [9.17, 15) is 13.2 Å². The van der Waals surface area contributed by atoms with Gasteiger partial charge < -0.3 is 16.0 Å². The van der Waals surface area contributed by atoms with Crippen molar-refractivity contribution in [1.82, 2.24) is 9.62 Å². The predicted molar refractivity (Wildman–Crippen MR) is 113 cm³/mol. The first kappa shape index (κ1) is 21.7. The van der Waals surface area contributed by atoms with Crippen LogP contribution in [0.5, 0.6) is 0 Å². The molecule has 0 aliphatic heterocycles. The number of benzene rings is 2. The van der Waals surface area contributed by atoms with E-state index in [2.05, 4.69) is 16.0 Å². The molecule has 0 saturated carbocycles. The van der Waals surface area contributed by atoms with Crippen LogP contribution >= 0.6 is 0 Å². The fourth-order valence-corrected chi connectivity index (χ4v) is 3.54. The number of amides is 1. The highest BCUT2D eigenvalue weighted by Crippen LogP contribution is 2.26. The average molecular weight is 405 g/mol. The van der Waals surface area contributed by atoms with Gasteiger partial charge in [0.1, 0.15) is 0 Å². The smallest absolute Gasteiger partial charge is 0.242 e. The number of rotatable bonds is 10. The Morgan fingerprint density at radius 3 is 2.36 bits per heavy atom. The van der Waals surface area contributed by atoms with Crippen LogP contribution in [0.4, 0.5) is 11.4 Å². The molecule has 0 unspecified atom stereocenters. The molecule has 2 aromatic rings. The number of nitrogens with one attached hydrogen (secondary N) is 3. The number of anilines is 2. The molecule has 0 heterocycles. The minimum atomic E-state index is -3.55. The topological polar surface area (TPSA) is 90.5 Å². The minimum Gasteiger partial charge on any atom is -0.384 e. The van der Waals surface area contributed by atoms with E-state index in [1.54, 1.807) is 18.2 Å². The molecule has 2 rings (SSSR count). The second-order valence-electron chi connectivity index (χ2n) is 6.46. The molecule has 3 N–H and O–H groups in total. The van der Waals surface area contributed by atoms with Crippen LogP contribution in [-0.2, 0) is 21.2 Å². The SMILES string of the molecule is CCNc1ccc(S(=O)(=O)N(C)C)cc1NCC(=O)NCCc1ccccc1. The Hall–Kier alpha value is -2.58. The van der Waals surface area contributed by atoms with Gasteiger partial charge in [-0.25, -0.2) is 12.7 Å². The van der Waals surface area contributed by atoms with Gasteiger partial charge in [0.05, 0.1) is 22.8 Å². The average Bonchev–Trinajstić information content (AvgIpc) is 2.68. The maximum Gasteiger partial charge on any atom is 0.242 e. The van der Waals surface area contributed by atoms with Gasteiger partial charge in [-0.1, -0.05) is 30.3 Å². The maximum atomic E-state index is 12.4. The molecule has 0 aliphatic rings. The van der Waals surface area contributed by atoms with Crippen molar-refractivity contribution in [2.24, 2.45) is 0 Å². The highest BCUT2D eigenvalue weighted by Gasteiger charge is 2.19. The first-order valence-corrected chi connectivity index (χ1v) is 10.6. The molecule has 0 bridgehead atoms. The third-order valence-corrected chi connectivity index (χ3v) is 5.97. The summed E-state index contributed by atoms with van der Waals surface area (Å²) >= 11 is 0. The lowest BCUT2D eigenvalue weighted by Gasteiger charge is -2.17. The standard InChI is InChI=1S/C20H28N4O3S/c1-4-21-18-11-10-17(28(26,27)24(2)3)14-19(18)23-15-20(25)22-13-12-16-8-6-5-7-9-16/h5-11,14,21,23H,4,12-13,15H2,1-3H3,(H,22,25). The maximum absolute atomic E-state index is 12.4. The third kappa shape index (κ3) is 5.97. The Bertz CT molecular complexity index is 884. The molecular formula is C20H28N4O3S. The van der Waals surface area contributed by atoms with Crippen molar-refractivity contribution < 1.29 is 13.2 Å². The summed E-state index contributed by atoms with van der Waals surface area (Å²) in [5, 5.41) is 9.08. The molecule has 7 nitrogen and oxygen atoms in total. The second-order valence-corrected chi connectivity index (χ2v) is 8.62. The number of nitrogens with zero attached hydrogens (tertiary/aromatic N) is 1. The number of sulfonamides is 1. The van der Waals surface area contributed by atoms with Crippen LogP contribution in [0.2, 0.25) is 0 Å². The summed E-state index contributed by atoms with van der Waals surface area (Å²) in [6.45, 7) is 3.22. The molecular weight excluding hydrogens is 376 g/mol. The normalized spacial score (nSPS) is 11.3. The van der Waals surface area contributed by atoms with Crippen molar-refractivity contribution >= 4 is 27.3 Å². The predicted octanol–water partition coefficient (Wildman–Crippen LogP) is 2.14. The van der Waals surface area contributed by atoms with Crippen molar-refractivity contribution in [3.63, 3.8) is 0 Å². The molecule has 0 atom stereocenters. The van der Waals surface area contributed by atoms with Crippen molar-refractivity contribution in [2.75, 3.05) is 44.4 Å². The zero-order valence-corrected chi connectivity index (χ0v) is 17.3. The summed E-state index contributed by atoms with van der Waals surface area (Å²) in [6, 6.07) is 14.7. The van der Waals surface area contributed by atoms with Gasteiger partial charge in [0.2, 0.25) is 15.9 Å². The molecule has 8 heteroatoms. The van der Waals surface area contributed by atoms with E-state index in [1.165, 1.54) is 14.1 Å². The molecule has 152 valence electrons. The van der Waals surface area contributed by atoms with Gasteiger partial charge in [0.25, 0.3) is 0 Å². The van der Waals surface area contributed by atoms with E-state index in [0.29, 0.717) is 18.8 Å². The van der Waals surface area contributed by atoms with Crippen LogP contribution < -0.4 is 16.0 Å². The fourth-order valence-electron chi connectivity index (χ4n) is 2.61. The fraction of sp³-hybridized carbons (Fsp3) is 0.350. The van der Waals surface area contributed by atoms with Crippen LogP contribution in [0.3, 0.4) is 0 Å². The van der Waals surface area contributed by atoms with Crippen molar-refractivity contribution in [3.8, 4) is 0 Å². The molecule has 0 aromatic heterocycles. The Balaban J connectivity index is 1.99. The van der Waals surface area contributed by atoms with Crippen molar-refractivity contribution in [3.05, 3.63) is 54.1 Å². The molecule has 28 heavy (non-hydrogen) atoms. The summed E-state index contributed by atoms with van der Waals surface area (Å²) in [7, 11) is -0.576. The molecule has 1 amide bonds. The van der Waals surface area contributed by atoms with Crippen LogP contribution in [0.25, 0.3) is 0 Å². The van der Waals surface area contributed by atoms with E-state index < -0.39 is 10.0 Å². The van der Waals surface area contributed by atoms with E-state index in [4.69, 9.17) is 0 Å². The molecule has 0 saturated heterocycles. The lowest BCUT2D eigenvalue weighted by molar-refractivity contribution is -0.119. The molecule has 0 aliphatic carbocycles. The van der Waals surface area contributed by atoms with Gasteiger partial charge >= 0.3 is 0 Å². The van der Waals surface area contributed by atoms with Gasteiger partial charge in [0.15, 0.2) is 0 Å². The minimum absolute atomic E-state index is 0.0542. The zero-order valence-electron chi connectivity index (χ0n) is 16.5. The van der Waals surface area contributed by atoms with E-state index in [1.807, 2.05) is 37.3 Å². The Labute approximate surface area is 167 Å². The lowest BCUT2D eigenvalue weighted by Crippen LogP contribution is -2.31. The third-order valence-electron chi connectivity index (χ3n) is 4.15. The Morgan fingerprint density at radius 1 is 1.00 bits per heavy atom. The molecule has 0 fully saturated rings. The largest absolute Gasteiger partial charge is 0.384 e. The van der Waals surface area contributed by atoms with Gasteiger partial charge in [-0.3, -0.25) is 4.79 Å². The number of carbonyl (C=O) groups excluding carboxylic acids is 1. The number of carbonyl (C=O) groups is 1. The summed E-state index contributed by atoms with van der Waals surface area (Å²) in [5.74, 6) is -0.153. The van der Waals surface area contributed by atoms with Gasteiger partial charge in [0, 0.05) is 27.2 Å². The monoisotopic (exact) mass is 404 g/mol. The number of hydrogen-bond donors (Lipinski definition) is 3.